The van der Waals surface area contributed by atoms with Crippen LogP contribution in [0.25, 0.3) is 15.7 Å². The van der Waals surface area contributed by atoms with Crippen LogP contribution in [0.5, 0.6) is 0 Å². The molecule has 3 aromatic rings. The molecular weight excluding hydrogens is 272 g/mol. The average molecular weight is 290 g/mol. The topological polar surface area (TPSA) is 71.8 Å². The summed E-state index contributed by atoms with van der Waals surface area (Å²) in [5.74, 6) is 1.29. The molecule has 3 rings (SSSR count). The monoisotopic (exact) mass is 290 g/mol. The lowest BCUT2D eigenvalue weighted by Gasteiger charge is -2.13. The van der Waals surface area contributed by atoms with E-state index in [1.54, 1.807) is 0 Å². The van der Waals surface area contributed by atoms with Crippen LogP contribution in [0.15, 0.2) is 6.07 Å². The Kier molecular flexibility index (Phi) is 2.89. The van der Waals surface area contributed by atoms with Gasteiger partial charge < -0.3 is 0 Å². The van der Waals surface area contributed by atoms with Gasteiger partial charge in [0.05, 0.1) is 0 Å². The Labute approximate surface area is 121 Å². The number of aromatic amines is 1. The van der Waals surface area contributed by atoms with Gasteiger partial charge in [-0.1, -0.05) is 46.0 Å². The quantitative estimate of drug-likeness (QED) is 0.787. The number of aromatic nitrogens is 6. The summed E-state index contributed by atoms with van der Waals surface area (Å²) in [5.41, 5.74) is 1.89. The van der Waals surface area contributed by atoms with E-state index in [0.717, 1.165) is 27.2 Å². The predicted molar refractivity (Wildman–Crippen MR) is 79.0 cm³/mol. The van der Waals surface area contributed by atoms with Crippen molar-refractivity contribution in [3.05, 3.63) is 17.6 Å². The lowest BCUT2D eigenvalue weighted by Crippen LogP contribution is -2.16. The molecule has 0 aromatic carbocycles. The molecule has 0 amide bonds. The first-order valence-electron chi connectivity index (χ1n) is 6.64. The van der Waals surface area contributed by atoms with Gasteiger partial charge in [-0.05, 0) is 12.0 Å². The molecule has 3 aromatic heterocycles. The third-order valence-corrected chi connectivity index (χ3v) is 4.02. The van der Waals surface area contributed by atoms with Crippen molar-refractivity contribution in [2.24, 2.45) is 0 Å². The number of hydrogen-bond donors (Lipinski definition) is 1. The van der Waals surface area contributed by atoms with Crippen molar-refractivity contribution in [2.45, 2.75) is 46.0 Å². The molecule has 0 bridgehead atoms. The number of rotatable bonds is 2. The molecule has 0 saturated heterocycles. The summed E-state index contributed by atoms with van der Waals surface area (Å²) in [5, 5.41) is 21.3. The van der Waals surface area contributed by atoms with Crippen LogP contribution in [0, 0.1) is 0 Å². The van der Waals surface area contributed by atoms with E-state index >= 15 is 0 Å². The van der Waals surface area contributed by atoms with Crippen LogP contribution in [0.1, 0.15) is 52.1 Å². The first-order valence-corrected chi connectivity index (χ1v) is 7.46. The van der Waals surface area contributed by atoms with Crippen molar-refractivity contribution >= 4 is 16.3 Å². The summed E-state index contributed by atoms with van der Waals surface area (Å²) in [6.45, 7) is 10.6. The predicted octanol–water partition coefficient (Wildman–Crippen LogP) is 3.00. The van der Waals surface area contributed by atoms with Gasteiger partial charge in [0.15, 0.2) is 10.8 Å². The molecule has 6 nitrogen and oxygen atoms in total. The number of nitrogens with one attached hydrogen (secondary N) is 1. The van der Waals surface area contributed by atoms with Gasteiger partial charge in [-0.15, -0.1) is 10.2 Å². The fraction of sp³-hybridized carbons (Fsp3) is 0.538. The Morgan fingerprint density at radius 1 is 1.25 bits per heavy atom. The maximum atomic E-state index is 4.61. The highest BCUT2D eigenvalue weighted by molar-refractivity contribution is 7.19. The smallest absolute Gasteiger partial charge is 0.235 e. The van der Waals surface area contributed by atoms with Gasteiger partial charge in [0.25, 0.3) is 0 Å². The normalized spacial score (nSPS) is 12.7. The van der Waals surface area contributed by atoms with Gasteiger partial charge >= 0.3 is 0 Å². The summed E-state index contributed by atoms with van der Waals surface area (Å²) < 4.78 is 1.82. The van der Waals surface area contributed by atoms with E-state index < -0.39 is 0 Å². The first kappa shape index (κ1) is 13.2. The third kappa shape index (κ3) is 2.11. The zero-order valence-corrected chi connectivity index (χ0v) is 13.1. The fourth-order valence-electron chi connectivity index (χ4n) is 1.93. The average Bonchev–Trinajstić information content (AvgIpc) is 3.01. The Morgan fingerprint density at radius 3 is 2.60 bits per heavy atom. The zero-order valence-electron chi connectivity index (χ0n) is 12.3. The third-order valence-electron chi connectivity index (χ3n) is 3.10. The molecule has 0 aliphatic heterocycles. The lowest BCUT2D eigenvalue weighted by atomic mass is 9.96. The van der Waals surface area contributed by atoms with Crippen LogP contribution in [-0.2, 0) is 5.41 Å². The first-order chi connectivity index (χ1) is 9.36. The summed E-state index contributed by atoms with van der Waals surface area (Å²) in [4.78, 5) is 0.805. The minimum absolute atomic E-state index is 0.0839. The van der Waals surface area contributed by atoms with E-state index in [2.05, 4.69) is 60.1 Å². The molecule has 0 aliphatic carbocycles. The molecule has 106 valence electrons. The number of nitrogens with zero attached hydrogens (tertiary/aromatic N) is 5. The van der Waals surface area contributed by atoms with Crippen molar-refractivity contribution in [3.63, 3.8) is 0 Å². The van der Waals surface area contributed by atoms with Gasteiger partial charge in [-0.25, -0.2) is 0 Å². The van der Waals surface area contributed by atoms with Crippen LogP contribution >= 0.6 is 11.3 Å². The van der Waals surface area contributed by atoms with Gasteiger partial charge in [-0.3, -0.25) is 5.10 Å². The maximum absolute atomic E-state index is 4.61. The number of hydrogen-bond acceptors (Lipinski definition) is 5. The summed E-state index contributed by atoms with van der Waals surface area (Å²) in [7, 11) is 0. The molecule has 7 heteroatoms. The van der Waals surface area contributed by atoms with Crippen molar-refractivity contribution in [1.82, 2.24) is 30.0 Å². The Hall–Kier alpha value is -1.76. The van der Waals surface area contributed by atoms with E-state index in [0.29, 0.717) is 5.92 Å². The van der Waals surface area contributed by atoms with E-state index in [4.69, 9.17) is 0 Å². The van der Waals surface area contributed by atoms with Gasteiger partial charge in [-0.2, -0.15) is 14.7 Å². The minimum atomic E-state index is -0.0839. The van der Waals surface area contributed by atoms with Gasteiger partial charge in [0.1, 0.15) is 5.69 Å². The van der Waals surface area contributed by atoms with Crippen molar-refractivity contribution in [1.29, 1.82) is 0 Å². The molecular formula is C13H18N6S. The van der Waals surface area contributed by atoms with Crippen LogP contribution < -0.4 is 0 Å². The van der Waals surface area contributed by atoms with Crippen LogP contribution in [0.4, 0.5) is 0 Å². The number of fused-ring (bicyclic) bond motifs is 1. The Bertz CT molecular complexity index is 742. The van der Waals surface area contributed by atoms with E-state index in [1.807, 2.05) is 10.6 Å². The SMILES string of the molecule is CC(C)c1cc(-c2nn3c(C(C)(C)C)nnc3s2)n[nH]1. The lowest BCUT2D eigenvalue weighted by molar-refractivity contribution is 0.528. The molecule has 0 spiro atoms. The van der Waals surface area contributed by atoms with E-state index in [-0.39, 0.29) is 5.41 Å². The molecule has 0 radical (unpaired) electrons. The molecule has 0 fully saturated rings. The summed E-state index contributed by atoms with van der Waals surface area (Å²) in [6, 6.07) is 2.05. The van der Waals surface area contributed by atoms with Crippen molar-refractivity contribution in [3.8, 4) is 10.7 Å². The molecule has 0 aliphatic rings. The maximum Gasteiger partial charge on any atom is 0.235 e. The van der Waals surface area contributed by atoms with Crippen molar-refractivity contribution < 1.29 is 0 Å². The van der Waals surface area contributed by atoms with Crippen LogP contribution in [0.2, 0.25) is 0 Å². The molecule has 20 heavy (non-hydrogen) atoms. The minimum Gasteiger partial charge on any atom is -0.282 e. The second kappa shape index (κ2) is 4.37. The zero-order chi connectivity index (χ0) is 14.5. The number of H-pyrrole nitrogens is 1. The fourth-order valence-corrected chi connectivity index (χ4v) is 2.73. The van der Waals surface area contributed by atoms with Gasteiger partial charge in [0.2, 0.25) is 4.96 Å². The van der Waals surface area contributed by atoms with Gasteiger partial charge in [0, 0.05) is 11.1 Å². The standard InChI is InChI=1S/C13H18N6S/c1-7(2)8-6-9(15-14-8)10-18-19-11(13(3,4)5)16-17-12(19)20-10/h6-7H,1-5H3,(H,14,15). The highest BCUT2D eigenvalue weighted by atomic mass is 32.1. The molecule has 0 saturated carbocycles. The van der Waals surface area contributed by atoms with E-state index in [1.165, 1.54) is 11.3 Å². The second-order valence-corrected chi connectivity index (χ2v) is 7.19. The van der Waals surface area contributed by atoms with Crippen molar-refractivity contribution in [2.75, 3.05) is 0 Å². The van der Waals surface area contributed by atoms with Crippen LogP contribution in [0.3, 0.4) is 0 Å². The Morgan fingerprint density at radius 2 is 2.00 bits per heavy atom. The molecule has 3 heterocycles. The Balaban J connectivity index is 2.06. The second-order valence-electron chi connectivity index (χ2n) is 6.24. The largest absolute Gasteiger partial charge is 0.282 e. The summed E-state index contributed by atoms with van der Waals surface area (Å²) >= 11 is 1.51. The highest BCUT2D eigenvalue weighted by Crippen LogP contribution is 2.28. The van der Waals surface area contributed by atoms with Crippen LogP contribution in [-0.4, -0.2) is 30.0 Å². The molecule has 1 N–H and O–H groups in total. The highest BCUT2D eigenvalue weighted by Gasteiger charge is 2.24. The van der Waals surface area contributed by atoms with E-state index in [9.17, 15) is 0 Å². The summed E-state index contributed by atoms with van der Waals surface area (Å²) in [6.07, 6.45) is 0. The molecule has 0 atom stereocenters. The molecule has 0 unspecified atom stereocenters.